The van der Waals surface area contributed by atoms with Crippen molar-refractivity contribution in [3.8, 4) is 0 Å². The Labute approximate surface area is 121 Å². The predicted molar refractivity (Wildman–Crippen MR) is 81.0 cm³/mol. The minimum absolute atomic E-state index is 0.0443. The van der Waals surface area contributed by atoms with Gasteiger partial charge in [-0.15, -0.1) is 0 Å². The number of amides is 1. The number of piperazine rings is 1. The minimum atomic E-state index is 0.0443. The van der Waals surface area contributed by atoms with Gasteiger partial charge in [0.25, 0.3) is 5.91 Å². The number of nitrogens with one attached hydrogen (secondary N) is 1. The van der Waals surface area contributed by atoms with Gasteiger partial charge < -0.3 is 15.1 Å². The molecule has 110 valence electrons. The number of likely N-dealkylation sites (N-methyl/N-ethyl adjacent to an activating group) is 1. The number of aromatic nitrogens is 1. The lowest BCUT2D eigenvalue weighted by Crippen LogP contribution is -2.48. The number of rotatable bonds is 5. The van der Waals surface area contributed by atoms with Crippen LogP contribution >= 0.6 is 0 Å². The van der Waals surface area contributed by atoms with E-state index in [4.69, 9.17) is 0 Å². The molecule has 20 heavy (non-hydrogen) atoms. The molecular weight excluding hydrogens is 252 g/mol. The summed E-state index contributed by atoms with van der Waals surface area (Å²) in [5.74, 6) is 0.0443. The summed E-state index contributed by atoms with van der Waals surface area (Å²) < 4.78 is 0. The number of hydrogen-bond donors (Lipinski definition) is 1. The average molecular weight is 276 g/mol. The predicted octanol–water partition coefficient (Wildman–Crippen LogP) is 1.68. The number of nitrogens with zero attached hydrogens (tertiary/aromatic N) is 3. The molecule has 1 aromatic heterocycles. The van der Waals surface area contributed by atoms with Crippen LogP contribution in [-0.2, 0) is 0 Å². The van der Waals surface area contributed by atoms with Crippen molar-refractivity contribution in [1.82, 2.24) is 14.8 Å². The summed E-state index contributed by atoms with van der Waals surface area (Å²) in [7, 11) is 0. The Morgan fingerprint density at radius 2 is 2.00 bits per heavy atom. The third kappa shape index (κ3) is 3.70. The van der Waals surface area contributed by atoms with Crippen LogP contribution in [-0.4, -0.2) is 60.0 Å². The van der Waals surface area contributed by atoms with Crippen LogP contribution in [0, 0.1) is 0 Å². The van der Waals surface area contributed by atoms with Crippen LogP contribution in [0.15, 0.2) is 18.3 Å². The lowest BCUT2D eigenvalue weighted by molar-refractivity contribution is 0.0637. The highest BCUT2D eigenvalue weighted by molar-refractivity contribution is 5.92. The minimum Gasteiger partial charge on any atom is -0.384 e. The standard InChI is InChI=1S/C15H24N4O/c1-3-7-16-13-5-6-14(17-12-13)15(20)19-10-8-18(4-2)9-11-19/h5-6,12,16H,3-4,7-11H2,1-2H3. The molecule has 1 N–H and O–H groups in total. The van der Waals surface area contributed by atoms with Crippen LogP contribution < -0.4 is 5.32 Å². The maximum absolute atomic E-state index is 12.3. The molecule has 0 radical (unpaired) electrons. The van der Waals surface area contributed by atoms with Crippen molar-refractivity contribution < 1.29 is 4.79 Å². The van der Waals surface area contributed by atoms with E-state index in [0.717, 1.165) is 51.4 Å². The SMILES string of the molecule is CCCNc1ccc(C(=O)N2CCN(CC)CC2)nc1. The fourth-order valence-corrected chi connectivity index (χ4v) is 2.32. The zero-order valence-corrected chi connectivity index (χ0v) is 12.4. The Balaban J connectivity index is 1.92. The van der Waals surface area contributed by atoms with Gasteiger partial charge in [0, 0.05) is 32.7 Å². The van der Waals surface area contributed by atoms with E-state index in [-0.39, 0.29) is 5.91 Å². The monoisotopic (exact) mass is 276 g/mol. The third-order valence-corrected chi connectivity index (χ3v) is 3.67. The Bertz CT molecular complexity index is 424. The van der Waals surface area contributed by atoms with Crippen molar-refractivity contribution in [2.24, 2.45) is 0 Å². The Kier molecular flexibility index (Phi) is 5.35. The summed E-state index contributed by atoms with van der Waals surface area (Å²) in [6.45, 7) is 9.76. The summed E-state index contributed by atoms with van der Waals surface area (Å²) in [5.41, 5.74) is 1.51. The van der Waals surface area contributed by atoms with Crippen LogP contribution in [0.3, 0.4) is 0 Å². The molecule has 1 aliphatic rings. The van der Waals surface area contributed by atoms with E-state index in [1.807, 2.05) is 17.0 Å². The van der Waals surface area contributed by atoms with Gasteiger partial charge in [0.2, 0.25) is 0 Å². The third-order valence-electron chi connectivity index (χ3n) is 3.67. The van der Waals surface area contributed by atoms with Crippen molar-refractivity contribution in [2.75, 3.05) is 44.6 Å². The fraction of sp³-hybridized carbons (Fsp3) is 0.600. The number of hydrogen-bond acceptors (Lipinski definition) is 4. The van der Waals surface area contributed by atoms with E-state index in [2.05, 4.69) is 29.0 Å². The van der Waals surface area contributed by atoms with Gasteiger partial charge in [0.15, 0.2) is 0 Å². The topological polar surface area (TPSA) is 48.5 Å². The maximum Gasteiger partial charge on any atom is 0.272 e. The van der Waals surface area contributed by atoms with Crippen molar-refractivity contribution >= 4 is 11.6 Å². The summed E-state index contributed by atoms with van der Waals surface area (Å²) >= 11 is 0. The molecule has 5 heteroatoms. The van der Waals surface area contributed by atoms with Gasteiger partial charge in [-0.1, -0.05) is 13.8 Å². The first-order valence-electron chi connectivity index (χ1n) is 7.46. The largest absolute Gasteiger partial charge is 0.384 e. The number of carbonyl (C=O) groups excluding carboxylic acids is 1. The lowest BCUT2D eigenvalue weighted by atomic mass is 10.2. The van der Waals surface area contributed by atoms with Gasteiger partial charge in [-0.2, -0.15) is 0 Å². The second kappa shape index (κ2) is 7.24. The Morgan fingerprint density at radius 1 is 1.25 bits per heavy atom. The number of carbonyl (C=O) groups is 1. The van der Waals surface area contributed by atoms with E-state index in [1.54, 1.807) is 6.20 Å². The molecule has 1 amide bonds. The Hall–Kier alpha value is -1.62. The summed E-state index contributed by atoms with van der Waals surface area (Å²) in [6, 6.07) is 3.74. The van der Waals surface area contributed by atoms with Crippen LogP contribution in [0.4, 0.5) is 5.69 Å². The summed E-state index contributed by atoms with van der Waals surface area (Å²) in [6.07, 6.45) is 2.81. The second-order valence-corrected chi connectivity index (χ2v) is 5.09. The zero-order valence-electron chi connectivity index (χ0n) is 12.4. The highest BCUT2D eigenvalue weighted by Gasteiger charge is 2.21. The Morgan fingerprint density at radius 3 is 2.55 bits per heavy atom. The van der Waals surface area contributed by atoms with Crippen molar-refractivity contribution in [3.05, 3.63) is 24.0 Å². The van der Waals surface area contributed by atoms with E-state index in [1.165, 1.54) is 0 Å². The van der Waals surface area contributed by atoms with Crippen LogP contribution in [0.1, 0.15) is 30.8 Å². The molecule has 0 spiro atoms. The first kappa shape index (κ1) is 14.8. The first-order chi connectivity index (χ1) is 9.74. The van der Waals surface area contributed by atoms with Crippen LogP contribution in [0.2, 0.25) is 0 Å². The average Bonchev–Trinajstić information content (AvgIpc) is 2.53. The quantitative estimate of drug-likeness (QED) is 0.889. The number of pyridine rings is 1. The fourth-order valence-electron chi connectivity index (χ4n) is 2.32. The van der Waals surface area contributed by atoms with Gasteiger partial charge in [-0.3, -0.25) is 4.79 Å². The molecule has 0 bridgehead atoms. The first-order valence-corrected chi connectivity index (χ1v) is 7.46. The molecular formula is C15H24N4O. The van der Waals surface area contributed by atoms with Gasteiger partial charge in [0.1, 0.15) is 5.69 Å². The van der Waals surface area contributed by atoms with Gasteiger partial charge in [0.05, 0.1) is 11.9 Å². The van der Waals surface area contributed by atoms with E-state index in [9.17, 15) is 4.79 Å². The molecule has 2 heterocycles. The molecule has 1 aromatic rings. The molecule has 5 nitrogen and oxygen atoms in total. The van der Waals surface area contributed by atoms with Crippen molar-refractivity contribution in [2.45, 2.75) is 20.3 Å². The molecule has 0 saturated carbocycles. The van der Waals surface area contributed by atoms with Gasteiger partial charge in [-0.05, 0) is 25.1 Å². The molecule has 0 aromatic carbocycles. The van der Waals surface area contributed by atoms with Crippen molar-refractivity contribution in [3.63, 3.8) is 0 Å². The zero-order chi connectivity index (χ0) is 14.4. The van der Waals surface area contributed by atoms with E-state index >= 15 is 0 Å². The molecule has 0 unspecified atom stereocenters. The van der Waals surface area contributed by atoms with Crippen LogP contribution in [0.5, 0.6) is 0 Å². The molecule has 1 aliphatic heterocycles. The van der Waals surface area contributed by atoms with E-state index in [0.29, 0.717) is 5.69 Å². The maximum atomic E-state index is 12.3. The second-order valence-electron chi connectivity index (χ2n) is 5.09. The summed E-state index contributed by atoms with van der Waals surface area (Å²) in [5, 5.41) is 3.26. The van der Waals surface area contributed by atoms with Crippen molar-refractivity contribution in [1.29, 1.82) is 0 Å². The van der Waals surface area contributed by atoms with Gasteiger partial charge >= 0.3 is 0 Å². The van der Waals surface area contributed by atoms with Crippen LogP contribution in [0.25, 0.3) is 0 Å². The lowest BCUT2D eigenvalue weighted by Gasteiger charge is -2.33. The summed E-state index contributed by atoms with van der Waals surface area (Å²) in [4.78, 5) is 20.9. The smallest absolute Gasteiger partial charge is 0.272 e. The molecule has 0 atom stereocenters. The molecule has 0 aliphatic carbocycles. The molecule has 1 fully saturated rings. The van der Waals surface area contributed by atoms with E-state index < -0.39 is 0 Å². The normalized spacial score (nSPS) is 16.2. The molecule has 2 rings (SSSR count). The molecule has 1 saturated heterocycles. The highest BCUT2D eigenvalue weighted by Crippen LogP contribution is 2.10. The number of anilines is 1. The van der Waals surface area contributed by atoms with Gasteiger partial charge in [-0.25, -0.2) is 4.98 Å². The highest BCUT2D eigenvalue weighted by atomic mass is 16.2.